The first-order valence-corrected chi connectivity index (χ1v) is 11.8. The summed E-state index contributed by atoms with van der Waals surface area (Å²) in [6.07, 6.45) is 0. The van der Waals surface area contributed by atoms with Crippen LogP contribution in [-0.4, -0.2) is 86.2 Å². The molecule has 0 bridgehead atoms. The molecule has 0 saturated carbocycles. The van der Waals surface area contributed by atoms with E-state index < -0.39 is 0 Å². The molecule has 33 heavy (non-hydrogen) atoms. The molecule has 2 N–H and O–H groups in total. The lowest BCUT2D eigenvalue weighted by molar-refractivity contribution is 0.313. The van der Waals surface area contributed by atoms with Crippen LogP contribution in [0.5, 0.6) is 0 Å². The Bertz CT molecular complexity index is 981. The summed E-state index contributed by atoms with van der Waals surface area (Å²) in [5.41, 5.74) is 12.4. The van der Waals surface area contributed by atoms with Crippen molar-refractivity contribution in [1.82, 2.24) is 19.8 Å². The molecule has 172 valence electrons. The molecule has 3 aromatic rings. The summed E-state index contributed by atoms with van der Waals surface area (Å²) in [5, 5.41) is 0. The third-order valence-corrected chi connectivity index (χ3v) is 6.81. The topological polar surface area (TPSA) is 64.8 Å². The second-order valence-electron chi connectivity index (χ2n) is 9.17. The number of hydrogen-bond donors (Lipinski definition) is 1. The van der Waals surface area contributed by atoms with E-state index in [1.54, 1.807) is 0 Å². The highest BCUT2D eigenvalue weighted by Crippen LogP contribution is 2.28. The minimum atomic E-state index is 0.300. The van der Waals surface area contributed by atoms with Crippen molar-refractivity contribution < 1.29 is 0 Å². The van der Waals surface area contributed by atoms with Crippen LogP contribution >= 0.6 is 0 Å². The van der Waals surface area contributed by atoms with E-state index in [4.69, 9.17) is 5.73 Å². The summed E-state index contributed by atoms with van der Waals surface area (Å²) in [6.45, 7) is 8.63. The zero-order valence-electron chi connectivity index (χ0n) is 19.6. The molecule has 3 heterocycles. The first-order valence-electron chi connectivity index (χ1n) is 11.8. The maximum atomic E-state index is 6.11. The lowest BCUT2D eigenvalue weighted by atomic mass is 10.1. The summed E-state index contributed by atoms with van der Waals surface area (Å²) in [6, 6.07) is 19.3. The normalized spacial score (nSPS) is 18.0. The van der Waals surface area contributed by atoms with Gasteiger partial charge < -0.3 is 25.3 Å². The number of nitrogens with zero attached hydrogens (tertiary/aromatic N) is 6. The summed E-state index contributed by atoms with van der Waals surface area (Å²) in [5.74, 6) is 0.300. The van der Waals surface area contributed by atoms with Crippen molar-refractivity contribution in [3.8, 4) is 22.5 Å². The third-order valence-electron chi connectivity index (χ3n) is 6.81. The summed E-state index contributed by atoms with van der Waals surface area (Å²) < 4.78 is 0. The van der Waals surface area contributed by atoms with Gasteiger partial charge in [-0.05, 0) is 44.4 Å². The fourth-order valence-corrected chi connectivity index (χ4v) is 4.58. The van der Waals surface area contributed by atoms with Crippen molar-refractivity contribution in [3.63, 3.8) is 0 Å². The van der Waals surface area contributed by atoms with E-state index in [1.165, 1.54) is 11.4 Å². The van der Waals surface area contributed by atoms with E-state index in [2.05, 4.69) is 92.2 Å². The number of likely N-dealkylation sites (N-methyl/N-ethyl adjacent to an activating group) is 2. The number of aromatic nitrogens is 2. The molecule has 2 aliphatic heterocycles. The van der Waals surface area contributed by atoms with Crippen molar-refractivity contribution in [2.75, 3.05) is 82.0 Å². The van der Waals surface area contributed by atoms with Gasteiger partial charge in [0, 0.05) is 74.9 Å². The summed E-state index contributed by atoms with van der Waals surface area (Å²) >= 11 is 0. The maximum Gasteiger partial charge on any atom is 0.221 e. The summed E-state index contributed by atoms with van der Waals surface area (Å²) in [4.78, 5) is 18.6. The summed E-state index contributed by atoms with van der Waals surface area (Å²) in [7, 11) is 4.36. The highest BCUT2D eigenvalue weighted by molar-refractivity contribution is 5.71. The van der Waals surface area contributed by atoms with Gasteiger partial charge in [-0.2, -0.15) is 0 Å². The maximum absolute atomic E-state index is 6.11. The van der Waals surface area contributed by atoms with E-state index in [-0.39, 0.29) is 0 Å². The van der Waals surface area contributed by atoms with Crippen LogP contribution in [0.15, 0.2) is 54.6 Å². The molecule has 0 unspecified atom stereocenters. The van der Waals surface area contributed by atoms with Gasteiger partial charge in [-0.1, -0.05) is 24.3 Å². The Kier molecular flexibility index (Phi) is 6.15. The average molecular weight is 444 g/mol. The molecule has 1 aromatic heterocycles. The molecule has 2 fully saturated rings. The van der Waals surface area contributed by atoms with Gasteiger partial charge in [0.1, 0.15) is 0 Å². The molecule has 0 spiro atoms. The second-order valence-corrected chi connectivity index (χ2v) is 9.17. The van der Waals surface area contributed by atoms with E-state index in [0.29, 0.717) is 5.95 Å². The Morgan fingerprint density at radius 3 is 1.30 bits per heavy atom. The Balaban J connectivity index is 1.34. The predicted molar refractivity (Wildman–Crippen MR) is 137 cm³/mol. The van der Waals surface area contributed by atoms with E-state index in [1.807, 2.05) is 6.07 Å². The first-order chi connectivity index (χ1) is 16.0. The third kappa shape index (κ3) is 4.94. The molecule has 0 amide bonds. The fourth-order valence-electron chi connectivity index (χ4n) is 4.58. The van der Waals surface area contributed by atoms with Gasteiger partial charge in [0.05, 0.1) is 11.4 Å². The van der Waals surface area contributed by atoms with Gasteiger partial charge in [0.25, 0.3) is 0 Å². The largest absolute Gasteiger partial charge is 0.369 e. The standard InChI is InChI=1S/C26H33N7/c1-30-11-15-32(16-12-30)22-7-3-20(4-8-22)24-19-25(29-26(27)28-24)21-5-9-23(10-6-21)33-17-13-31(2)14-18-33/h3-10,19H,11-18H2,1-2H3,(H2,27,28,29). The molecule has 2 saturated heterocycles. The van der Waals surface area contributed by atoms with E-state index in [0.717, 1.165) is 74.9 Å². The van der Waals surface area contributed by atoms with Crippen LogP contribution in [0, 0.1) is 0 Å². The minimum Gasteiger partial charge on any atom is -0.369 e. The number of benzene rings is 2. The molecule has 5 rings (SSSR count). The number of rotatable bonds is 4. The SMILES string of the molecule is CN1CCN(c2ccc(-c3cc(-c4ccc(N5CCN(C)CC5)cc4)nc(N)n3)cc2)CC1. The minimum absolute atomic E-state index is 0.300. The van der Waals surface area contributed by atoms with Crippen LogP contribution in [0.25, 0.3) is 22.5 Å². The van der Waals surface area contributed by atoms with Crippen molar-refractivity contribution >= 4 is 17.3 Å². The van der Waals surface area contributed by atoms with E-state index in [9.17, 15) is 0 Å². The number of nitrogen functional groups attached to an aromatic ring is 1. The zero-order valence-corrected chi connectivity index (χ0v) is 19.6. The molecule has 0 radical (unpaired) electrons. The van der Waals surface area contributed by atoms with Crippen molar-refractivity contribution in [3.05, 3.63) is 54.6 Å². The van der Waals surface area contributed by atoms with Gasteiger partial charge in [0.15, 0.2) is 0 Å². The molecular formula is C26H33N7. The predicted octanol–water partition coefficient (Wildman–Crippen LogP) is 2.90. The highest BCUT2D eigenvalue weighted by atomic mass is 15.3. The second kappa shape index (κ2) is 9.37. The lowest BCUT2D eigenvalue weighted by Crippen LogP contribution is -2.44. The van der Waals surface area contributed by atoms with Gasteiger partial charge in [-0.25, -0.2) is 9.97 Å². The average Bonchev–Trinajstić information content (AvgIpc) is 2.85. The van der Waals surface area contributed by atoms with Crippen molar-refractivity contribution in [2.24, 2.45) is 0 Å². The van der Waals surface area contributed by atoms with Gasteiger partial charge in [0.2, 0.25) is 5.95 Å². The van der Waals surface area contributed by atoms with Gasteiger partial charge in [-0.3, -0.25) is 0 Å². The molecular weight excluding hydrogens is 410 g/mol. The van der Waals surface area contributed by atoms with Gasteiger partial charge in [-0.15, -0.1) is 0 Å². The van der Waals surface area contributed by atoms with Crippen LogP contribution < -0.4 is 15.5 Å². The van der Waals surface area contributed by atoms with Crippen LogP contribution in [0.1, 0.15) is 0 Å². The van der Waals surface area contributed by atoms with E-state index >= 15 is 0 Å². The Morgan fingerprint density at radius 2 is 0.939 bits per heavy atom. The number of nitrogens with two attached hydrogens (primary N) is 1. The Morgan fingerprint density at radius 1 is 0.576 bits per heavy atom. The molecule has 2 aliphatic rings. The quantitative estimate of drug-likeness (QED) is 0.665. The number of piperazine rings is 2. The zero-order chi connectivity index (χ0) is 22.8. The number of anilines is 3. The lowest BCUT2D eigenvalue weighted by Gasteiger charge is -2.34. The molecule has 7 nitrogen and oxygen atoms in total. The van der Waals surface area contributed by atoms with Crippen LogP contribution in [0.4, 0.5) is 17.3 Å². The fraction of sp³-hybridized carbons (Fsp3) is 0.385. The first kappa shape index (κ1) is 21.7. The Hall–Kier alpha value is -3.16. The molecule has 7 heteroatoms. The van der Waals surface area contributed by atoms with Gasteiger partial charge >= 0.3 is 0 Å². The van der Waals surface area contributed by atoms with Crippen LogP contribution in [0.2, 0.25) is 0 Å². The number of hydrogen-bond acceptors (Lipinski definition) is 7. The smallest absolute Gasteiger partial charge is 0.221 e. The molecule has 0 atom stereocenters. The monoisotopic (exact) mass is 443 g/mol. The van der Waals surface area contributed by atoms with Crippen molar-refractivity contribution in [2.45, 2.75) is 0 Å². The molecule has 2 aromatic carbocycles. The van der Waals surface area contributed by atoms with Crippen LogP contribution in [-0.2, 0) is 0 Å². The van der Waals surface area contributed by atoms with Crippen molar-refractivity contribution in [1.29, 1.82) is 0 Å². The highest BCUT2D eigenvalue weighted by Gasteiger charge is 2.16. The Labute approximate surface area is 196 Å². The molecule has 0 aliphatic carbocycles. The van der Waals surface area contributed by atoms with Crippen LogP contribution in [0.3, 0.4) is 0 Å².